The Labute approximate surface area is 445 Å². The van der Waals surface area contributed by atoms with Crippen molar-refractivity contribution in [1.29, 1.82) is 0 Å². The zero-order valence-electron chi connectivity index (χ0n) is 47.3. The molecule has 0 aliphatic carbocycles. The van der Waals surface area contributed by atoms with Gasteiger partial charge in [-0.2, -0.15) is 0 Å². The van der Waals surface area contributed by atoms with Crippen molar-refractivity contribution in [2.24, 2.45) is 17.8 Å². The molecule has 0 bridgehead atoms. The first-order valence-corrected chi connectivity index (χ1v) is 27.5. The van der Waals surface area contributed by atoms with E-state index in [1.54, 1.807) is 46.2 Å². The van der Waals surface area contributed by atoms with Crippen LogP contribution in [0.2, 0.25) is 0 Å². The number of hydrogen-bond donors (Lipinski definition) is 5. The van der Waals surface area contributed by atoms with Crippen molar-refractivity contribution in [1.82, 2.24) is 39.8 Å². The minimum Gasteiger partial charge on any atom is -0.459 e. The smallest absolute Gasteiger partial charge is 0.311 e. The summed E-state index contributed by atoms with van der Waals surface area (Å²) in [4.78, 5) is 18.5. The first-order valence-electron chi connectivity index (χ1n) is 27.5. The van der Waals surface area contributed by atoms with Crippen LogP contribution < -0.4 is 0 Å². The number of aliphatic hydroxyl groups excluding tert-OH is 3. The summed E-state index contributed by atoms with van der Waals surface area (Å²) >= 11 is 0. The van der Waals surface area contributed by atoms with E-state index in [9.17, 15) is 30.3 Å². The summed E-state index contributed by atoms with van der Waals surface area (Å²) in [7, 11) is 5.32. The Morgan fingerprint density at radius 1 is 0.867 bits per heavy atom. The standard InChI is InChI=1S/C55H92N8O12/c1-15-40-32-63(59-56-40)42-22-20-39(21-23-42)19-17-18-25-62-31-41(57-58-62)24-26-60(12)43-27-34(4)71-52(46(43)64)75-50-35(5)47(74-45-29-54(10,70-14)49(66)38(8)72-45)36(6)51(67)73-44(16-2)55(11,69)48(65)37(7)61(13)30-33(3)28-53(50,9)68/h20-23,31-38,43-50,52,64-66,68-69H,15-19,24-30H2,1-14H3/t33-,34-,35+,36-,37-,38+,43+,44-,45+,46-,47+,48-,49+,50-,52+,53-,54-,55-/m1/s1. The minimum atomic E-state index is -1.83. The molecular formula is C55H92N8O12. The van der Waals surface area contributed by atoms with E-state index in [1.165, 1.54) is 19.6 Å². The average Bonchev–Trinajstić information content (AvgIpc) is 4.06. The van der Waals surface area contributed by atoms with Gasteiger partial charge in [0.25, 0.3) is 0 Å². The van der Waals surface area contributed by atoms with Crippen molar-refractivity contribution >= 4 is 5.97 Å². The van der Waals surface area contributed by atoms with Crippen LogP contribution in [0, 0.1) is 17.8 Å². The maximum absolute atomic E-state index is 14.5. The Bertz CT molecular complexity index is 2230. The van der Waals surface area contributed by atoms with E-state index in [-0.39, 0.29) is 31.3 Å². The first-order chi connectivity index (χ1) is 35.3. The van der Waals surface area contributed by atoms with Gasteiger partial charge in [-0.1, -0.05) is 50.3 Å². The van der Waals surface area contributed by atoms with E-state index in [2.05, 4.69) is 56.7 Å². The number of esters is 1. The Balaban J connectivity index is 1.17. The summed E-state index contributed by atoms with van der Waals surface area (Å²) in [6.45, 7) is 21.5. The van der Waals surface area contributed by atoms with Crippen LogP contribution in [0.1, 0.15) is 132 Å². The largest absolute Gasteiger partial charge is 0.459 e. The van der Waals surface area contributed by atoms with Gasteiger partial charge < -0.3 is 63.8 Å². The number of hydrogen-bond acceptors (Lipinski definition) is 18. The van der Waals surface area contributed by atoms with Crippen molar-refractivity contribution in [3.05, 3.63) is 53.6 Å². The summed E-state index contributed by atoms with van der Waals surface area (Å²) in [5.41, 5.74) is -0.463. The lowest BCUT2D eigenvalue weighted by atomic mass is 9.77. The highest BCUT2D eigenvalue weighted by Gasteiger charge is 2.53. The van der Waals surface area contributed by atoms with Crippen molar-refractivity contribution in [2.45, 2.75) is 231 Å². The number of cyclic esters (lactones) is 1. The maximum atomic E-state index is 14.5. The quantitative estimate of drug-likeness (QED) is 0.0937. The van der Waals surface area contributed by atoms with Gasteiger partial charge in [-0.15, -0.1) is 10.2 Å². The van der Waals surface area contributed by atoms with Gasteiger partial charge in [0, 0.05) is 63.8 Å². The number of aryl methyl sites for hydroxylation is 3. The van der Waals surface area contributed by atoms with E-state index in [0.717, 1.165) is 49.3 Å². The van der Waals surface area contributed by atoms with Crippen LogP contribution in [-0.2, 0) is 59.0 Å². The van der Waals surface area contributed by atoms with Crippen LogP contribution in [0.15, 0.2) is 36.7 Å². The number of aromatic nitrogens is 6. The Hall–Kier alpha value is -3.51. The van der Waals surface area contributed by atoms with Crippen LogP contribution in [0.4, 0.5) is 0 Å². The summed E-state index contributed by atoms with van der Waals surface area (Å²) in [5, 5.41) is 77.1. The second kappa shape index (κ2) is 26.0. The van der Waals surface area contributed by atoms with Crippen LogP contribution in [-0.4, -0.2) is 196 Å². The summed E-state index contributed by atoms with van der Waals surface area (Å²) in [6, 6.07) is 7.46. The molecule has 18 atom stereocenters. The zero-order valence-corrected chi connectivity index (χ0v) is 47.3. The highest BCUT2D eigenvalue weighted by Crippen LogP contribution is 2.40. The molecule has 0 spiro atoms. The maximum Gasteiger partial charge on any atom is 0.311 e. The molecule has 1 aromatic carbocycles. The van der Waals surface area contributed by atoms with Crippen LogP contribution >= 0.6 is 0 Å². The third-order valence-electron chi connectivity index (χ3n) is 16.6. The van der Waals surface area contributed by atoms with Crippen molar-refractivity contribution in [3.63, 3.8) is 0 Å². The fourth-order valence-electron chi connectivity index (χ4n) is 11.7. The predicted octanol–water partition coefficient (Wildman–Crippen LogP) is 4.27. The number of ether oxygens (including phenoxy) is 6. The molecule has 2 aromatic heterocycles. The summed E-state index contributed by atoms with van der Waals surface area (Å²) in [6.07, 6.45) is -0.649. The molecule has 3 aromatic rings. The second-order valence-corrected chi connectivity index (χ2v) is 23.0. The number of carbonyl (C=O) groups excluding carboxylic acids is 1. The normalized spacial score (nSPS) is 38.0. The SMILES string of the molecule is CCc1cn(-c2ccc(CCCCn3cc(CCN(C)[C@H]4C[C@@H](C)O[C@@H](O[C@@H]5[C@@H](C)[C@H](O[C@H]6C[C@@](C)(OC)[C@@H](O)[C@H](C)O6)[C@@H](C)C(=O)O[C@H](CC)[C@@](C)(O)[C@H](O)[C@@H](C)N(C)C[C@H](C)C[C@@]5(C)O)[C@@H]4O)nn3)cc2)nn1. The van der Waals surface area contributed by atoms with Gasteiger partial charge in [-0.3, -0.25) is 9.48 Å². The van der Waals surface area contributed by atoms with Crippen molar-refractivity contribution in [3.8, 4) is 5.69 Å². The van der Waals surface area contributed by atoms with Crippen LogP contribution in [0.25, 0.3) is 5.69 Å². The number of benzene rings is 1. The van der Waals surface area contributed by atoms with Gasteiger partial charge in [0.1, 0.15) is 30.0 Å². The zero-order chi connectivity index (χ0) is 55.2. The molecule has 5 N–H and O–H groups in total. The number of nitrogens with zero attached hydrogens (tertiary/aromatic N) is 8. The van der Waals surface area contributed by atoms with Gasteiger partial charge in [0.2, 0.25) is 0 Å². The number of rotatable bonds is 17. The van der Waals surface area contributed by atoms with E-state index in [1.807, 2.05) is 56.8 Å². The molecule has 3 aliphatic rings. The number of aliphatic hydroxyl groups is 5. The highest BCUT2D eigenvalue weighted by molar-refractivity contribution is 5.73. The Morgan fingerprint density at radius 3 is 2.21 bits per heavy atom. The van der Waals surface area contributed by atoms with Gasteiger partial charge in [0.15, 0.2) is 12.6 Å². The van der Waals surface area contributed by atoms with Crippen molar-refractivity contribution < 1.29 is 58.7 Å². The molecule has 3 aliphatic heterocycles. The lowest BCUT2D eigenvalue weighted by Gasteiger charge is -2.49. The van der Waals surface area contributed by atoms with Gasteiger partial charge in [-0.25, -0.2) is 4.68 Å². The predicted molar refractivity (Wildman–Crippen MR) is 281 cm³/mol. The molecule has 75 heavy (non-hydrogen) atoms. The molecule has 20 nitrogen and oxygen atoms in total. The Kier molecular flexibility index (Phi) is 21.0. The molecule has 5 heterocycles. The number of likely N-dealkylation sites (N-methyl/N-ethyl adjacent to an activating group) is 2. The molecular weight excluding hydrogens is 965 g/mol. The summed E-state index contributed by atoms with van der Waals surface area (Å²) in [5.74, 6) is -2.75. The molecule has 0 radical (unpaired) electrons. The number of unbranched alkanes of at least 4 members (excludes halogenated alkanes) is 1. The van der Waals surface area contributed by atoms with Gasteiger partial charge in [0.05, 0.1) is 64.8 Å². The minimum absolute atomic E-state index is 0.108. The van der Waals surface area contributed by atoms with Crippen LogP contribution in [0.5, 0.6) is 0 Å². The second-order valence-electron chi connectivity index (χ2n) is 23.0. The Morgan fingerprint density at radius 2 is 1.56 bits per heavy atom. The fraction of sp³-hybridized carbons (Fsp3) is 0.800. The molecule has 3 fully saturated rings. The average molecular weight is 1060 g/mol. The van der Waals surface area contributed by atoms with E-state index >= 15 is 0 Å². The van der Waals surface area contributed by atoms with Gasteiger partial charge >= 0.3 is 5.97 Å². The van der Waals surface area contributed by atoms with Gasteiger partial charge in [-0.05, 0) is 131 Å². The van der Waals surface area contributed by atoms with E-state index in [4.69, 9.17) is 28.4 Å². The van der Waals surface area contributed by atoms with E-state index < -0.39 is 102 Å². The third kappa shape index (κ3) is 14.8. The fourth-order valence-corrected chi connectivity index (χ4v) is 11.7. The highest BCUT2D eigenvalue weighted by atomic mass is 16.7. The number of methoxy groups -OCH3 is 1. The first kappa shape index (κ1) is 60.7. The van der Waals surface area contributed by atoms with E-state index in [0.29, 0.717) is 25.9 Å². The molecule has 6 rings (SSSR count). The number of carbonyl (C=O) groups is 1. The third-order valence-corrected chi connectivity index (χ3v) is 16.6. The van der Waals surface area contributed by atoms with Crippen LogP contribution in [0.3, 0.4) is 0 Å². The molecule has 0 saturated carbocycles. The monoisotopic (exact) mass is 1060 g/mol. The molecule has 424 valence electrons. The lowest BCUT2D eigenvalue weighted by molar-refractivity contribution is -0.318. The topological polar surface area (TPSA) is 241 Å². The lowest BCUT2D eigenvalue weighted by Crippen LogP contribution is -2.61. The summed E-state index contributed by atoms with van der Waals surface area (Å²) < 4.78 is 42.1. The van der Waals surface area contributed by atoms with Crippen molar-refractivity contribution in [2.75, 3.05) is 34.3 Å². The molecule has 20 heteroatoms. The molecule has 0 unspecified atom stereocenters. The molecule has 0 amide bonds. The molecule has 3 saturated heterocycles.